The average molecular weight is 480 g/mol. The predicted molar refractivity (Wildman–Crippen MR) is 143 cm³/mol. The Kier molecular flexibility index (Phi) is 8.05. The maximum absolute atomic E-state index is 12.5. The third-order valence-corrected chi connectivity index (χ3v) is 6.43. The lowest BCUT2D eigenvalue weighted by atomic mass is 9.82. The zero-order valence-electron chi connectivity index (χ0n) is 22.6. The molecule has 3 rings (SSSR count). The van der Waals surface area contributed by atoms with Crippen LogP contribution in [0.4, 0.5) is 5.69 Å². The van der Waals surface area contributed by atoms with Gasteiger partial charge in [-0.2, -0.15) is 0 Å². The Morgan fingerprint density at radius 2 is 1.80 bits per heavy atom. The first-order valence-corrected chi connectivity index (χ1v) is 12.6. The molecule has 0 aromatic carbocycles. The van der Waals surface area contributed by atoms with Crippen LogP contribution in [0.3, 0.4) is 0 Å². The van der Waals surface area contributed by atoms with Gasteiger partial charge in [-0.15, -0.1) is 0 Å². The van der Waals surface area contributed by atoms with E-state index >= 15 is 0 Å². The summed E-state index contributed by atoms with van der Waals surface area (Å²) in [6.45, 7) is 18.1. The first-order chi connectivity index (χ1) is 16.3. The highest BCUT2D eigenvalue weighted by Crippen LogP contribution is 2.43. The number of carboxylic acids is 1. The molecule has 1 aliphatic heterocycles. The summed E-state index contributed by atoms with van der Waals surface area (Å²) >= 11 is 0. The molecule has 1 saturated heterocycles. The summed E-state index contributed by atoms with van der Waals surface area (Å²) in [6.07, 6.45) is 8.80. The number of hydrogen-bond acceptors (Lipinski definition) is 5. The van der Waals surface area contributed by atoms with E-state index in [1.165, 1.54) is 0 Å². The van der Waals surface area contributed by atoms with Crippen molar-refractivity contribution in [2.24, 2.45) is 11.3 Å². The van der Waals surface area contributed by atoms with E-state index in [9.17, 15) is 9.90 Å². The van der Waals surface area contributed by atoms with E-state index in [0.717, 1.165) is 48.4 Å². The quantitative estimate of drug-likeness (QED) is 0.477. The molecule has 3 heterocycles. The van der Waals surface area contributed by atoms with Gasteiger partial charge in [0.15, 0.2) is 6.10 Å². The largest absolute Gasteiger partial charge is 0.479 e. The number of pyridine rings is 2. The highest BCUT2D eigenvalue weighted by atomic mass is 16.5. The standard InChI is InChI=1S/C29H41N3O3/c1-19(2)9-11-22-12-10-21(17-31-22)23-18-30-20(3)24(26(27(33)34)35-28(4,5)6)25(23)32-15-13-29(7,8)14-16-32/h9-12,17-19,26H,13-16H2,1-8H3,(H,33,34)/b11-9+. The number of ether oxygens (including phenoxy) is 1. The third kappa shape index (κ3) is 6.91. The molecule has 1 aliphatic rings. The molecule has 1 N–H and O–H groups in total. The topological polar surface area (TPSA) is 75.5 Å². The Morgan fingerprint density at radius 1 is 1.14 bits per heavy atom. The average Bonchev–Trinajstić information content (AvgIpc) is 2.76. The molecule has 1 fully saturated rings. The molecule has 0 bridgehead atoms. The summed E-state index contributed by atoms with van der Waals surface area (Å²) in [5.41, 5.74) is 4.54. The lowest BCUT2D eigenvalue weighted by Crippen LogP contribution is -2.39. The van der Waals surface area contributed by atoms with Crippen molar-refractivity contribution in [2.75, 3.05) is 18.0 Å². The maximum Gasteiger partial charge on any atom is 0.337 e. The number of rotatable bonds is 7. The van der Waals surface area contributed by atoms with Crippen LogP contribution >= 0.6 is 0 Å². The van der Waals surface area contributed by atoms with E-state index in [1.807, 2.05) is 58.3 Å². The number of allylic oxidation sites excluding steroid dienone is 1. The van der Waals surface area contributed by atoms with Crippen molar-refractivity contribution in [3.8, 4) is 11.1 Å². The van der Waals surface area contributed by atoms with Crippen LogP contribution in [0.5, 0.6) is 0 Å². The Hall–Kier alpha value is -2.73. The predicted octanol–water partition coefficient (Wildman–Crippen LogP) is 6.69. The van der Waals surface area contributed by atoms with Gasteiger partial charge in [0.25, 0.3) is 0 Å². The van der Waals surface area contributed by atoms with Crippen molar-refractivity contribution >= 4 is 17.7 Å². The Morgan fingerprint density at radius 3 is 2.31 bits per heavy atom. The minimum absolute atomic E-state index is 0.263. The Balaban J connectivity index is 2.17. The number of carbonyl (C=O) groups is 1. The van der Waals surface area contributed by atoms with Gasteiger partial charge < -0.3 is 14.7 Å². The van der Waals surface area contributed by atoms with Crippen molar-refractivity contribution in [2.45, 2.75) is 79.9 Å². The van der Waals surface area contributed by atoms with Crippen LogP contribution in [-0.2, 0) is 9.53 Å². The highest BCUT2D eigenvalue weighted by molar-refractivity contribution is 5.86. The highest BCUT2D eigenvalue weighted by Gasteiger charge is 2.35. The van der Waals surface area contributed by atoms with Crippen LogP contribution < -0.4 is 4.90 Å². The minimum Gasteiger partial charge on any atom is -0.479 e. The molecule has 1 atom stereocenters. The number of nitrogens with zero attached hydrogens (tertiary/aromatic N) is 3. The molecule has 1 unspecified atom stereocenters. The molecule has 6 heteroatoms. The molecule has 35 heavy (non-hydrogen) atoms. The summed E-state index contributed by atoms with van der Waals surface area (Å²) < 4.78 is 6.11. The lowest BCUT2D eigenvalue weighted by molar-refractivity contribution is -0.160. The van der Waals surface area contributed by atoms with Gasteiger partial charge in [-0.05, 0) is 64.0 Å². The monoisotopic (exact) mass is 479 g/mol. The SMILES string of the molecule is Cc1ncc(-c2ccc(/C=C/C(C)C)nc2)c(N2CCC(C)(C)CC2)c1C(OC(C)(C)C)C(=O)O. The zero-order chi connectivity index (χ0) is 26.0. The molecule has 2 aromatic rings. The Labute approximate surface area is 210 Å². The van der Waals surface area contributed by atoms with Crippen LogP contribution in [0.1, 0.15) is 84.4 Å². The molecule has 6 nitrogen and oxygen atoms in total. The van der Waals surface area contributed by atoms with E-state index in [4.69, 9.17) is 4.74 Å². The van der Waals surface area contributed by atoms with Crippen molar-refractivity contribution < 1.29 is 14.6 Å². The molecular formula is C29H41N3O3. The van der Waals surface area contributed by atoms with Crippen LogP contribution in [-0.4, -0.2) is 39.7 Å². The maximum atomic E-state index is 12.5. The molecule has 0 amide bonds. The second-order valence-corrected chi connectivity index (χ2v) is 11.7. The fourth-order valence-corrected chi connectivity index (χ4v) is 4.35. The molecule has 0 radical (unpaired) electrons. The summed E-state index contributed by atoms with van der Waals surface area (Å²) in [6, 6.07) is 4.04. The van der Waals surface area contributed by atoms with Crippen molar-refractivity contribution in [1.29, 1.82) is 0 Å². The van der Waals surface area contributed by atoms with Gasteiger partial charge in [-0.25, -0.2) is 4.79 Å². The van der Waals surface area contributed by atoms with Crippen LogP contribution in [0.2, 0.25) is 0 Å². The summed E-state index contributed by atoms with van der Waals surface area (Å²) in [7, 11) is 0. The van der Waals surface area contributed by atoms with E-state index in [-0.39, 0.29) is 5.41 Å². The second-order valence-electron chi connectivity index (χ2n) is 11.7. The van der Waals surface area contributed by atoms with Crippen LogP contribution in [0.25, 0.3) is 17.2 Å². The van der Waals surface area contributed by atoms with E-state index in [1.54, 1.807) is 0 Å². The third-order valence-electron chi connectivity index (χ3n) is 6.43. The normalized spacial score (nSPS) is 17.2. The van der Waals surface area contributed by atoms with Gasteiger partial charge in [0.05, 0.1) is 17.0 Å². The molecule has 0 spiro atoms. The Bertz CT molecular complexity index is 1060. The number of aromatic nitrogens is 2. The molecule has 0 saturated carbocycles. The van der Waals surface area contributed by atoms with Gasteiger partial charge in [-0.3, -0.25) is 9.97 Å². The summed E-state index contributed by atoms with van der Waals surface area (Å²) in [4.78, 5) is 24.1. The van der Waals surface area contributed by atoms with Gasteiger partial charge in [0, 0.05) is 47.9 Å². The van der Waals surface area contributed by atoms with Gasteiger partial charge >= 0.3 is 5.97 Å². The number of carboxylic acid groups (broad SMARTS) is 1. The minimum atomic E-state index is -1.12. The molecular weight excluding hydrogens is 438 g/mol. The molecule has 2 aromatic heterocycles. The second kappa shape index (κ2) is 10.5. The molecule has 0 aliphatic carbocycles. The van der Waals surface area contributed by atoms with E-state index in [2.05, 4.69) is 48.6 Å². The van der Waals surface area contributed by atoms with Gasteiger partial charge in [0.2, 0.25) is 0 Å². The van der Waals surface area contributed by atoms with Crippen LogP contribution in [0, 0.1) is 18.3 Å². The van der Waals surface area contributed by atoms with Crippen molar-refractivity contribution in [3.63, 3.8) is 0 Å². The number of piperidine rings is 1. The first-order valence-electron chi connectivity index (χ1n) is 12.6. The number of hydrogen-bond donors (Lipinski definition) is 1. The van der Waals surface area contributed by atoms with Crippen molar-refractivity contribution in [1.82, 2.24) is 9.97 Å². The fraction of sp³-hybridized carbons (Fsp3) is 0.552. The van der Waals surface area contributed by atoms with Crippen LogP contribution in [0.15, 0.2) is 30.6 Å². The lowest BCUT2D eigenvalue weighted by Gasteiger charge is -2.40. The number of anilines is 1. The summed E-state index contributed by atoms with van der Waals surface area (Å²) in [5.74, 6) is -0.557. The first kappa shape index (κ1) is 26.9. The zero-order valence-corrected chi connectivity index (χ0v) is 22.6. The smallest absolute Gasteiger partial charge is 0.337 e. The van der Waals surface area contributed by atoms with E-state index in [0.29, 0.717) is 17.2 Å². The van der Waals surface area contributed by atoms with Crippen molar-refractivity contribution in [3.05, 3.63) is 47.6 Å². The number of aryl methyl sites for hydroxylation is 1. The fourth-order valence-electron chi connectivity index (χ4n) is 4.35. The molecule has 190 valence electrons. The van der Waals surface area contributed by atoms with Gasteiger partial charge in [-0.1, -0.05) is 39.8 Å². The van der Waals surface area contributed by atoms with Gasteiger partial charge in [0.1, 0.15) is 0 Å². The number of aliphatic carboxylic acids is 1. The summed E-state index contributed by atoms with van der Waals surface area (Å²) in [5, 5.41) is 10.2. The van der Waals surface area contributed by atoms with E-state index < -0.39 is 17.7 Å².